The molecule has 2 aromatic rings. The maximum Gasteiger partial charge on any atom is 0.408 e. The molecule has 3 N–H and O–H groups in total. The number of hydrogen-bond acceptors (Lipinski definition) is 7. The third-order valence-electron chi connectivity index (χ3n) is 5.94. The SMILES string of the molecule is CC(C)(C)OC(=O)NC(CCCCOS(C)(=O)=O)C(=O)N1CC[C@H]1C(=O)NCc1ccc2[nH]cc(Cl)c2c1. The highest BCUT2D eigenvalue weighted by atomic mass is 35.5. The molecule has 2 heterocycles. The molecule has 1 aromatic heterocycles. The Morgan fingerprint density at radius 2 is 1.97 bits per heavy atom. The Morgan fingerprint density at radius 3 is 2.61 bits per heavy atom. The van der Waals surface area contributed by atoms with Gasteiger partial charge in [-0.2, -0.15) is 8.42 Å². The second-order valence-electron chi connectivity index (χ2n) is 10.3. The number of aromatic amines is 1. The number of unbranched alkanes of at least 4 members (excludes halogenated alkanes) is 1. The zero-order valence-electron chi connectivity index (χ0n) is 22.0. The Hall–Kier alpha value is -2.83. The summed E-state index contributed by atoms with van der Waals surface area (Å²) in [6, 6.07) is 4.07. The average Bonchev–Trinajstić information content (AvgIpc) is 3.14. The van der Waals surface area contributed by atoms with Crippen LogP contribution in [0.5, 0.6) is 0 Å². The van der Waals surface area contributed by atoms with Gasteiger partial charge in [-0.15, -0.1) is 0 Å². The van der Waals surface area contributed by atoms with Crippen LogP contribution in [0.3, 0.4) is 0 Å². The Bertz CT molecular complexity index is 1270. The zero-order valence-corrected chi connectivity index (χ0v) is 23.6. The largest absolute Gasteiger partial charge is 0.444 e. The van der Waals surface area contributed by atoms with E-state index >= 15 is 0 Å². The number of benzene rings is 1. The lowest BCUT2D eigenvalue weighted by molar-refractivity contribution is -0.149. The molecule has 210 valence electrons. The van der Waals surface area contributed by atoms with E-state index < -0.39 is 39.8 Å². The molecule has 1 unspecified atom stereocenters. The summed E-state index contributed by atoms with van der Waals surface area (Å²) in [5.41, 5.74) is 1.01. The van der Waals surface area contributed by atoms with Crippen LogP contribution in [0.4, 0.5) is 4.79 Å². The van der Waals surface area contributed by atoms with Gasteiger partial charge in [-0.05, 0) is 64.2 Å². The monoisotopic (exact) mass is 570 g/mol. The van der Waals surface area contributed by atoms with Crippen LogP contribution in [-0.2, 0) is 35.2 Å². The molecular weight excluding hydrogens is 536 g/mol. The highest BCUT2D eigenvalue weighted by Crippen LogP contribution is 2.24. The van der Waals surface area contributed by atoms with Gasteiger partial charge < -0.3 is 25.3 Å². The average molecular weight is 571 g/mol. The highest BCUT2D eigenvalue weighted by Gasteiger charge is 2.40. The summed E-state index contributed by atoms with van der Waals surface area (Å²) in [7, 11) is -3.56. The second kappa shape index (κ2) is 12.4. The number of amides is 3. The van der Waals surface area contributed by atoms with Crippen LogP contribution in [0.2, 0.25) is 5.02 Å². The highest BCUT2D eigenvalue weighted by molar-refractivity contribution is 7.85. The minimum Gasteiger partial charge on any atom is -0.444 e. The molecule has 1 fully saturated rings. The molecule has 1 aromatic carbocycles. The molecule has 3 rings (SSSR count). The number of halogens is 1. The van der Waals surface area contributed by atoms with Gasteiger partial charge in [-0.3, -0.25) is 13.8 Å². The number of carbonyl (C=O) groups is 3. The summed E-state index contributed by atoms with van der Waals surface area (Å²) in [6.45, 7) is 5.76. The second-order valence-corrected chi connectivity index (χ2v) is 12.3. The van der Waals surface area contributed by atoms with Crippen LogP contribution in [0.1, 0.15) is 52.0 Å². The Balaban J connectivity index is 1.59. The van der Waals surface area contributed by atoms with E-state index in [0.29, 0.717) is 30.8 Å². The van der Waals surface area contributed by atoms with Crippen molar-refractivity contribution in [3.05, 3.63) is 35.0 Å². The molecule has 1 aliphatic heterocycles. The van der Waals surface area contributed by atoms with Crippen molar-refractivity contribution in [3.63, 3.8) is 0 Å². The Labute approximate surface area is 227 Å². The van der Waals surface area contributed by atoms with Gasteiger partial charge in [-0.25, -0.2) is 4.79 Å². The first-order valence-electron chi connectivity index (χ1n) is 12.4. The molecule has 1 aliphatic rings. The third kappa shape index (κ3) is 8.60. The van der Waals surface area contributed by atoms with Crippen LogP contribution in [0.15, 0.2) is 24.4 Å². The number of carbonyl (C=O) groups excluding carboxylic acids is 3. The minimum absolute atomic E-state index is 0.0271. The number of nitrogens with one attached hydrogen (secondary N) is 3. The Morgan fingerprint density at radius 1 is 1.24 bits per heavy atom. The fraction of sp³-hybridized carbons (Fsp3) is 0.560. The number of aromatic nitrogens is 1. The molecule has 3 amide bonds. The summed E-state index contributed by atoms with van der Waals surface area (Å²) in [6.07, 6.45) is 3.43. The van der Waals surface area contributed by atoms with Crippen LogP contribution in [-0.4, -0.2) is 73.3 Å². The Kier molecular flexibility index (Phi) is 9.66. The van der Waals surface area contributed by atoms with Crippen molar-refractivity contribution in [1.82, 2.24) is 20.5 Å². The van der Waals surface area contributed by atoms with Gasteiger partial charge in [0.1, 0.15) is 17.7 Å². The van der Waals surface area contributed by atoms with Crippen LogP contribution in [0.25, 0.3) is 10.9 Å². The summed E-state index contributed by atoms with van der Waals surface area (Å²) < 4.78 is 32.3. The fourth-order valence-electron chi connectivity index (χ4n) is 4.04. The normalized spacial score (nSPS) is 16.6. The van der Waals surface area contributed by atoms with E-state index in [9.17, 15) is 22.8 Å². The quantitative estimate of drug-likeness (QED) is 0.278. The molecule has 0 aliphatic carbocycles. The maximum atomic E-state index is 13.3. The van der Waals surface area contributed by atoms with Crippen molar-refractivity contribution in [2.24, 2.45) is 0 Å². The number of H-pyrrole nitrogens is 1. The fourth-order valence-corrected chi connectivity index (χ4v) is 4.67. The first-order valence-corrected chi connectivity index (χ1v) is 14.6. The standard InChI is InChI=1S/C25H35ClN4O7S/c1-25(2,3)37-24(33)29-20(7-5-6-12-36-38(4,34)35)23(32)30-11-10-21(30)22(31)28-14-16-8-9-19-17(13-16)18(26)15-27-19/h8-9,13,15,20-21,27H,5-7,10-12,14H2,1-4H3,(H,28,31)(H,29,33)/t20?,21-/m0/s1. The lowest BCUT2D eigenvalue weighted by Gasteiger charge is -2.41. The molecule has 2 atom stereocenters. The first kappa shape index (κ1) is 29.7. The topological polar surface area (TPSA) is 147 Å². The van der Waals surface area contributed by atoms with E-state index in [1.807, 2.05) is 18.2 Å². The van der Waals surface area contributed by atoms with E-state index in [-0.39, 0.29) is 25.5 Å². The summed E-state index contributed by atoms with van der Waals surface area (Å²) >= 11 is 6.18. The van der Waals surface area contributed by atoms with Crippen LogP contribution >= 0.6 is 11.6 Å². The van der Waals surface area contributed by atoms with E-state index in [1.165, 1.54) is 4.90 Å². The van der Waals surface area contributed by atoms with Crippen molar-refractivity contribution < 1.29 is 31.7 Å². The number of alkyl carbamates (subject to hydrolysis) is 1. The minimum atomic E-state index is -3.56. The number of nitrogens with zero attached hydrogens (tertiary/aromatic N) is 1. The smallest absolute Gasteiger partial charge is 0.408 e. The molecule has 11 nitrogen and oxygen atoms in total. The number of rotatable bonds is 11. The molecule has 0 spiro atoms. The van der Waals surface area contributed by atoms with Crippen molar-refractivity contribution in [1.29, 1.82) is 0 Å². The molecular formula is C25H35ClN4O7S. The number of fused-ring (bicyclic) bond motifs is 1. The number of likely N-dealkylation sites (tertiary alicyclic amines) is 1. The summed E-state index contributed by atoms with van der Waals surface area (Å²) in [5, 5.41) is 6.93. The van der Waals surface area contributed by atoms with Gasteiger partial charge in [0.15, 0.2) is 0 Å². The van der Waals surface area contributed by atoms with Crippen LogP contribution < -0.4 is 10.6 Å². The molecule has 1 saturated heterocycles. The first-order chi connectivity index (χ1) is 17.7. The van der Waals surface area contributed by atoms with Gasteiger partial charge in [0, 0.05) is 30.2 Å². The zero-order chi connectivity index (χ0) is 28.1. The molecule has 0 saturated carbocycles. The van der Waals surface area contributed by atoms with E-state index in [0.717, 1.165) is 22.7 Å². The van der Waals surface area contributed by atoms with Crippen molar-refractivity contribution in [3.8, 4) is 0 Å². The molecule has 13 heteroatoms. The van der Waals surface area contributed by atoms with Gasteiger partial charge >= 0.3 is 6.09 Å². The maximum absolute atomic E-state index is 13.3. The predicted octanol–water partition coefficient (Wildman–Crippen LogP) is 3.08. The van der Waals surface area contributed by atoms with Gasteiger partial charge in [0.2, 0.25) is 11.8 Å². The van der Waals surface area contributed by atoms with Crippen molar-refractivity contribution in [2.75, 3.05) is 19.4 Å². The molecule has 0 bridgehead atoms. The van der Waals surface area contributed by atoms with E-state index in [4.69, 9.17) is 20.5 Å². The molecule has 38 heavy (non-hydrogen) atoms. The van der Waals surface area contributed by atoms with Gasteiger partial charge in [0.05, 0.1) is 17.9 Å². The van der Waals surface area contributed by atoms with E-state index in [2.05, 4.69) is 15.6 Å². The van der Waals surface area contributed by atoms with Gasteiger partial charge in [-0.1, -0.05) is 17.7 Å². The predicted molar refractivity (Wildman–Crippen MR) is 143 cm³/mol. The lowest BCUT2D eigenvalue weighted by Crippen LogP contribution is -2.62. The third-order valence-corrected chi connectivity index (χ3v) is 6.85. The van der Waals surface area contributed by atoms with Crippen molar-refractivity contribution in [2.45, 2.75) is 70.7 Å². The van der Waals surface area contributed by atoms with Crippen LogP contribution in [0, 0.1) is 0 Å². The summed E-state index contributed by atoms with van der Waals surface area (Å²) in [5.74, 6) is -0.686. The lowest BCUT2D eigenvalue weighted by atomic mass is 9.98. The van der Waals surface area contributed by atoms with Crippen molar-refractivity contribution >= 4 is 50.5 Å². The number of hydrogen-bond donors (Lipinski definition) is 3. The number of ether oxygens (including phenoxy) is 1. The molecule has 0 radical (unpaired) electrons. The van der Waals surface area contributed by atoms with E-state index in [1.54, 1.807) is 27.0 Å². The summed E-state index contributed by atoms with van der Waals surface area (Å²) in [4.78, 5) is 43.1. The van der Waals surface area contributed by atoms with Gasteiger partial charge in [0.25, 0.3) is 10.1 Å².